The van der Waals surface area contributed by atoms with Gasteiger partial charge in [0.2, 0.25) is 9.84 Å². The molecular weight excluding hydrogens is 169 g/mol. The Morgan fingerprint density at radius 2 is 2.27 bits per heavy atom. The summed E-state index contributed by atoms with van der Waals surface area (Å²) in [6.45, 7) is 0. The van der Waals surface area contributed by atoms with Crippen molar-refractivity contribution in [2.75, 3.05) is 6.01 Å². The minimum Gasteiger partial charge on any atom is -0.263 e. The number of aromatic nitrogens is 1. The Bertz CT molecular complexity index is 322. The number of nitrogens with zero attached hydrogens (tertiary/aromatic N) is 1. The molecule has 0 bridgehead atoms. The summed E-state index contributed by atoms with van der Waals surface area (Å²) in [4.78, 5) is 3.47. The Kier molecular flexibility index (Phi) is 2.19. The molecule has 1 aromatic heterocycles. The molecule has 5 heteroatoms. The zero-order valence-electron chi connectivity index (χ0n) is 5.57. The van der Waals surface area contributed by atoms with Crippen molar-refractivity contribution in [1.29, 1.82) is 0 Å². The van der Waals surface area contributed by atoms with Crippen molar-refractivity contribution in [3.8, 4) is 0 Å². The van der Waals surface area contributed by atoms with Crippen LogP contribution in [0.15, 0.2) is 29.4 Å². The van der Waals surface area contributed by atoms with E-state index < -0.39 is 15.8 Å². The molecule has 0 aromatic carbocycles. The molecule has 1 rings (SSSR count). The fourth-order valence-electron chi connectivity index (χ4n) is 0.594. The van der Waals surface area contributed by atoms with Crippen LogP contribution in [0.5, 0.6) is 0 Å². The van der Waals surface area contributed by atoms with Crippen LogP contribution in [0.25, 0.3) is 0 Å². The largest absolute Gasteiger partial charge is 0.263 e. The van der Waals surface area contributed by atoms with E-state index in [4.69, 9.17) is 0 Å². The molecule has 0 aliphatic carbocycles. The highest BCUT2D eigenvalue weighted by Crippen LogP contribution is 2.07. The lowest BCUT2D eigenvalue weighted by atomic mass is 10.5. The van der Waals surface area contributed by atoms with Crippen LogP contribution in [0.1, 0.15) is 0 Å². The monoisotopic (exact) mass is 175 g/mol. The number of alkyl halides is 1. The van der Waals surface area contributed by atoms with E-state index in [0.717, 1.165) is 6.20 Å². The van der Waals surface area contributed by atoms with Gasteiger partial charge in [-0.1, -0.05) is 0 Å². The molecule has 0 spiro atoms. The van der Waals surface area contributed by atoms with E-state index in [1.807, 2.05) is 0 Å². The SMILES string of the molecule is O=S(=O)(CF)c1cccnc1. The van der Waals surface area contributed by atoms with Gasteiger partial charge in [-0.2, -0.15) is 0 Å². The molecular formula is C6H6FNO2S. The zero-order valence-corrected chi connectivity index (χ0v) is 6.38. The Morgan fingerprint density at radius 3 is 2.73 bits per heavy atom. The van der Waals surface area contributed by atoms with Gasteiger partial charge in [0.1, 0.15) is 0 Å². The average Bonchev–Trinajstić information content (AvgIpc) is 2.06. The summed E-state index contributed by atoms with van der Waals surface area (Å²) in [6, 6.07) is 1.38. The topological polar surface area (TPSA) is 47.0 Å². The van der Waals surface area contributed by atoms with E-state index in [2.05, 4.69) is 4.98 Å². The lowest BCUT2D eigenvalue weighted by Crippen LogP contribution is -2.02. The first-order chi connectivity index (χ1) is 5.17. The van der Waals surface area contributed by atoms with Crippen LogP contribution in [-0.2, 0) is 9.84 Å². The first-order valence-corrected chi connectivity index (χ1v) is 4.51. The molecule has 3 nitrogen and oxygen atoms in total. The zero-order chi connectivity index (χ0) is 8.32. The van der Waals surface area contributed by atoms with E-state index in [-0.39, 0.29) is 4.90 Å². The number of pyridine rings is 1. The minimum atomic E-state index is -3.73. The van der Waals surface area contributed by atoms with Crippen LogP contribution >= 0.6 is 0 Å². The van der Waals surface area contributed by atoms with Crippen LogP contribution in [0, 0.1) is 0 Å². The fraction of sp³-hybridized carbons (Fsp3) is 0.167. The van der Waals surface area contributed by atoms with E-state index in [1.54, 1.807) is 0 Å². The lowest BCUT2D eigenvalue weighted by molar-refractivity contribution is 0.534. The van der Waals surface area contributed by atoms with Crippen LogP contribution in [0.4, 0.5) is 4.39 Å². The van der Waals surface area contributed by atoms with Crippen LogP contribution in [0.3, 0.4) is 0 Å². The molecule has 1 heterocycles. The molecule has 0 amide bonds. The van der Waals surface area contributed by atoms with Gasteiger partial charge in [-0.25, -0.2) is 12.8 Å². The van der Waals surface area contributed by atoms with Crippen molar-refractivity contribution < 1.29 is 12.8 Å². The van der Waals surface area contributed by atoms with E-state index in [1.165, 1.54) is 18.3 Å². The number of sulfone groups is 1. The standard InChI is InChI=1S/C6H6FNO2S/c7-5-11(9,10)6-2-1-3-8-4-6/h1-4H,5H2. The van der Waals surface area contributed by atoms with Crippen molar-refractivity contribution in [1.82, 2.24) is 4.98 Å². The van der Waals surface area contributed by atoms with E-state index in [9.17, 15) is 12.8 Å². The Hall–Kier alpha value is -0.970. The number of rotatable bonds is 2. The van der Waals surface area contributed by atoms with Gasteiger partial charge in [0.15, 0.2) is 6.01 Å². The Morgan fingerprint density at radius 1 is 1.55 bits per heavy atom. The molecule has 0 aliphatic rings. The van der Waals surface area contributed by atoms with E-state index >= 15 is 0 Å². The van der Waals surface area contributed by atoms with Crippen molar-refractivity contribution in [2.45, 2.75) is 4.90 Å². The van der Waals surface area contributed by atoms with Gasteiger partial charge in [0.25, 0.3) is 0 Å². The van der Waals surface area contributed by atoms with Crippen molar-refractivity contribution >= 4 is 9.84 Å². The van der Waals surface area contributed by atoms with E-state index in [0.29, 0.717) is 0 Å². The van der Waals surface area contributed by atoms with Gasteiger partial charge in [-0.05, 0) is 12.1 Å². The molecule has 0 atom stereocenters. The third kappa shape index (κ3) is 1.74. The number of hydrogen-bond acceptors (Lipinski definition) is 3. The molecule has 0 saturated carbocycles. The van der Waals surface area contributed by atoms with Crippen molar-refractivity contribution in [3.05, 3.63) is 24.5 Å². The maximum atomic E-state index is 11.8. The Balaban J connectivity index is 3.14. The van der Waals surface area contributed by atoms with Crippen LogP contribution < -0.4 is 0 Å². The molecule has 0 aliphatic heterocycles. The second-order valence-corrected chi connectivity index (χ2v) is 3.83. The molecule has 0 saturated heterocycles. The van der Waals surface area contributed by atoms with Crippen LogP contribution in [-0.4, -0.2) is 19.4 Å². The molecule has 11 heavy (non-hydrogen) atoms. The second kappa shape index (κ2) is 2.96. The van der Waals surface area contributed by atoms with Crippen molar-refractivity contribution in [2.24, 2.45) is 0 Å². The molecule has 60 valence electrons. The van der Waals surface area contributed by atoms with Gasteiger partial charge < -0.3 is 0 Å². The molecule has 1 aromatic rings. The van der Waals surface area contributed by atoms with Gasteiger partial charge in [0, 0.05) is 12.4 Å². The molecule has 0 unspecified atom stereocenters. The summed E-state index contributed by atoms with van der Waals surface area (Å²) >= 11 is 0. The molecule has 0 N–H and O–H groups in total. The summed E-state index contributed by atoms with van der Waals surface area (Å²) in [6.07, 6.45) is 2.55. The summed E-state index contributed by atoms with van der Waals surface area (Å²) in [5.74, 6) is 0. The predicted molar refractivity (Wildman–Crippen MR) is 37.4 cm³/mol. The van der Waals surface area contributed by atoms with Gasteiger partial charge in [0.05, 0.1) is 4.90 Å². The molecule has 0 radical (unpaired) electrons. The highest BCUT2D eigenvalue weighted by Gasteiger charge is 2.12. The van der Waals surface area contributed by atoms with Gasteiger partial charge in [-0.3, -0.25) is 4.98 Å². The number of hydrogen-bond donors (Lipinski definition) is 0. The fourth-order valence-corrected chi connectivity index (χ4v) is 1.23. The first kappa shape index (κ1) is 8.13. The normalized spacial score (nSPS) is 11.4. The lowest BCUT2D eigenvalue weighted by Gasteiger charge is -1.95. The summed E-state index contributed by atoms with van der Waals surface area (Å²) in [5.41, 5.74) is 0. The van der Waals surface area contributed by atoms with Gasteiger partial charge in [-0.15, -0.1) is 0 Å². The minimum absolute atomic E-state index is 0.0810. The summed E-state index contributed by atoms with van der Waals surface area (Å²) < 4.78 is 33.4. The highest BCUT2D eigenvalue weighted by molar-refractivity contribution is 7.91. The Labute approximate surface area is 63.8 Å². The second-order valence-electron chi connectivity index (χ2n) is 1.91. The summed E-state index contributed by atoms with van der Waals surface area (Å²) in [7, 11) is -3.73. The van der Waals surface area contributed by atoms with Crippen LogP contribution in [0.2, 0.25) is 0 Å². The van der Waals surface area contributed by atoms with Gasteiger partial charge >= 0.3 is 0 Å². The average molecular weight is 175 g/mol. The summed E-state index contributed by atoms with van der Waals surface area (Å²) in [5, 5.41) is 0. The smallest absolute Gasteiger partial charge is 0.208 e. The molecule has 0 fully saturated rings. The first-order valence-electron chi connectivity index (χ1n) is 2.85. The quantitative estimate of drug-likeness (QED) is 0.667. The third-order valence-corrected chi connectivity index (χ3v) is 2.38. The maximum absolute atomic E-state index is 11.8. The highest BCUT2D eigenvalue weighted by atomic mass is 32.2. The third-order valence-electron chi connectivity index (χ3n) is 1.14. The maximum Gasteiger partial charge on any atom is 0.208 e. The number of halogens is 1. The van der Waals surface area contributed by atoms with Crippen molar-refractivity contribution in [3.63, 3.8) is 0 Å². The predicted octanol–water partition coefficient (Wildman–Crippen LogP) is 0.782.